The number of rotatable bonds is 8. The molecule has 1 aromatic rings. The molecule has 2 aliphatic heterocycles. The minimum absolute atomic E-state index is 0.0341. The van der Waals surface area contributed by atoms with Crippen molar-refractivity contribution in [3.63, 3.8) is 0 Å². The average Bonchev–Trinajstić information content (AvgIpc) is 3.33. The fraction of sp³-hybridized carbons (Fsp3) is 0.800. The third kappa shape index (κ3) is 4.94. The Balaban J connectivity index is 1.47. The first-order valence-electron chi connectivity index (χ1n) is 12.4. The van der Waals surface area contributed by atoms with E-state index in [1.807, 2.05) is 0 Å². The highest BCUT2D eigenvalue weighted by Gasteiger charge is 2.39. The monoisotopic (exact) mass is 415 g/mol. The van der Waals surface area contributed by atoms with Gasteiger partial charge in [-0.05, 0) is 69.7 Å². The highest BCUT2D eigenvalue weighted by molar-refractivity contribution is 5.77. The second kappa shape index (κ2) is 10.3. The molecule has 0 bridgehead atoms. The Morgan fingerprint density at radius 2 is 1.80 bits per heavy atom. The van der Waals surface area contributed by atoms with E-state index in [0.717, 1.165) is 25.9 Å². The molecular weight excluding hydrogens is 374 g/mol. The van der Waals surface area contributed by atoms with Crippen molar-refractivity contribution in [3.05, 3.63) is 24.5 Å². The summed E-state index contributed by atoms with van der Waals surface area (Å²) in [5.74, 6) is 0.948. The van der Waals surface area contributed by atoms with Gasteiger partial charge in [-0.25, -0.2) is 0 Å². The topological polar surface area (TPSA) is 37.7 Å². The van der Waals surface area contributed by atoms with E-state index in [4.69, 9.17) is 4.74 Å². The fourth-order valence-corrected chi connectivity index (χ4v) is 6.37. The molecule has 168 valence electrons. The molecule has 2 atom stereocenters. The number of hydrogen-bond acceptors (Lipinski definition) is 3. The largest absolute Gasteiger partial charge is 0.383 e. The maximum Gasteiger partial charge on any atom is 0.225 e. The van der Waals surface area contributed by atoms with E-state index in [2.05, 4.69) is 38.9 Å². The number of methoxy groups -OCH3 is 1. The van der Waals surface area contributed by atoms with Gasteiger partial charge >= 0.3 is 0 Å². The van der Waals surface area contributed by atoms with Gasteiger partial charge < -0.3 is 19.1 Å². The van der Waals surface area contributed by atoms with Gasteiger partial charge in [0.05, 0.1) is 18.6 Å². The molecule has 0 spiro atoms. The molecule has 5 nitrogen and oxygen atoms in total. The van der Waals surface area contributed by atoms with Crippen LogP contribution in [-0.2, 0) is 15.1 Å². The van der Waals surface area contributed by atoms with Crippen LogP contribution in [-0.4, -0.2) is 66.2 Å². The van der Waals surface area contributed by atoms with Gasteiger partial charge in [-0.1, -0.05) is 25.7 Å². The van der Waals surface area contributed by atoms with Crippen molar-refractivity contribution in [1.29, 1.82) is 0 Å². The van der Waals surface area contributed by atoms with E-state index in [9.17, 15) is 4.79 Å². The second-order valence-electron chi connectivity index (χ2n) is 9.89. The van der Waals surface area contributed by atoms with Gasteiger partial charge in [-0.2, -0.15) is 0 Å². The summed E-state index contributed by atoms with van der Waals surface area (Å²) >= 11 is 0. The number of carbonyl (C=O) groups is 1. The molecule has 5 heteroatoms. The fourth-order valence-electron chi connectivity index (χ4n) is 6.37. The maximum atomic E-state index is 13.7. The highest BCUT2D eigenvalue weighted by atomic mass is 16.5. The molecule has 3 heterocycles. The molecule has 3 fully saturated rings. The predicted molar refractivity (Wildman–Crippen MR) is 121 cm³/mol. The number of nitrogens with zero attached hydrogens (tertiary/aromatic N) is 3. The van der Waals surface area contributed by atoms with E-state index in [-0.39, 0.29) is 5.54 Å². The Morgan fingerprint density at radius 1 is 1.03 bits per heavy atom. The molecule has 1 amide bonds. The lowest BCUT2D eigenvalue weighted by Crippen LogP contribution is -2.52. The summed E-state index contributed by atoms with van der Waals surface area (Å²) in [7, 11) is 1.74. The third-order valence-electron chi connectivity index (χ3n) is 8.02. The molecule has 1 saturated carbocycles. The van der Waals surface area contributed by atoms with E-state index in [1.165, 1.54) is 64.5 Å². The number of ether oxygens (including phenoxy) is 1. The summed E-state index contributed by atoms with van der Waals surface area (Å²) in [6, 6.07) is 4.88. The van der Waals surface area contributed by atoms with Gasteiger partial charge in [0.15, 0.2) is 0 Å². The Kier molecular flexibility index (Phi) is 7.53. The van der Waals surface area contributed by atoms with Crippen molar-refractivity contribution in [2.45, 2.75) is 82.2 Å². The highest BCUT2D eigenvalue weighted by Crippen LogP contribution is 2.39. The van der Waals surface area contributed by atoms with E-state index < -0.39 is 0 Å². The molecular formula is C25H41N3O2. The summed E-state index contributed by atoms with van der Waals surface area (Å²) in [4.78, 5) is 18.6. The van der Waals surface area contributed by atoms with Crippen LogP contribution in [0, 0.1) is 5.92 Å². The van der Waals surface area contributed by atoms with Crippen LogP contribution in [0.1, 0.15) is 70.6 Å². The minimum atomic E-state index is -0.0341. The van der Waals surface area contributed by atoms with Crippen molar-refractivity contribution >= 4 is 5.91 Å². The van der Waals surface area contributed by atoms with Crippen LogP contribution in [0.15, 0.2) is 24.5 Å². The summed E-state index contributed by atoms with van der Waals surface area (Å²) in [6.45, 7) is 4.77. The van der Waals surface area contributed by atoms with Crippen LogP contribution in [0.4, 0.5) is 0 Å². The zero-order valence-electron chi connectivity index (χ0n) is 18.9. The maximum absolute atomic E-state index is 13.7. The molecule has 0 aromatic carbocycles. The molecule has 4 rings (SSSR count). The third-order valence-corrected chi connectivity index (χ3v) is 8.02. The van der Waals surface area contributed by atoms with Gasteiger partial charge in [-0.3, -0.25) is 4.79 Å². The Labute approximate surface area is 182 Å². The van der Waals surface area contributed by atoms with Crippen LogP contribution >= 0.6 is 0 Å². The molecule has 0 N–H and O–H groups in total. The number of amides is 1. The number of piperidine rings is 2. The Bertz CT molecular complexity index is 651. The molecule has 1 aliphatic carbocycles. The summed E-state index contributed by atoms with van der Waals surface area (Å²) in [5.41, 5.74) is -0.0341. The van der Waals surface area contributed by atoms with Crippen LogP contribution in [0.25, 0.3) is 0 Å². The van der Waals surface area contributed by atoms with E-state index in [1.54, 1.807) is 7.11 Å². The number of fused-ring (bicyclic) bond motifs is 1. The van der Waals surface area contributed by atoms with E-state index >= 15 is 0 Å². The standard InChI is InChI=1S/C25H41N3O2/c1-30-19-18-27(21-22-10-9-15-26-14-6-3-11-23(22)26)24(29)20-25(12-4-2-5-13-25)28-16-7-8-17-28/h7-8,16-17,22-23H,2-6,9-15,18-21H2,1H3/t22-,23+/m0/s1. The summed E-state index contributed by atoms with van der Waals surface area (Å²) < 4.78 is 7.73. The van der Waals surface area contributed by atoms with Gasteiger partial charge in [0.25, 0.3) is 0 Å². The molecule has 1 aromatic heterocycles. The Morgan fingerprint density at radius 3 is 2.57 bits per heavy atom. The summed E-state index contributed by atoms with van der Waals surface area (Å²) in [5, 5.41) is 0. The van der Waals surface area contributed by atoms with Gasteiger partial charge in [0.2, 0.25) is 5.91 Å². The normalized spacial score (nSPS) is 26.8. The lowest BCUT2D eigenvalue weighted by Gasteiger charge is -2.46. The molecule has 0 unspecified atom stereocenters. The van der Waals surface area contributed by atoms with Gasteiger partial charge in [0, 0.05) is 38.6 Å². The zero-order chi connectivity index (χ0) is 20.8. The van der Waals surface area contributed by atoms with Gasteiger partial charge in [-0.15, -0.1) is 0 Å². The second-order valence-corrected chi connectivity index (χ2v) is 9.89. The average molecular weight is 416 g/mol. The first-order chi connectivity index (χ1) is 14.7. The molecule has 2 saturated heterocycles. The quantitative estimate of drug-likeness (QED) is 0.636. The predicted octanol–water partition coefficient (Wildman–Crippen LogP) is 4.28. The van der Waals surface area contributed by atoms with Crippen LogP contribution in [0.2, 0.25) is 0 Å². The van der Waals surface area contributed by atoms with Gasteiger partial charge in [0.1, 0.15) is 0 Å². The molecule has 0 radical (unpaired) electrons. The summed E-state index contributed by atoms with van der Waals surface area (Å²) in [6.07, 6.45) is 17.5. The van der Waals surface area contributed by atoms with Crippen LogP contribution in [0.5, 0.6) is 0 Å². The van der Waals surface area contributed by atoms with Crippen molar-refractivity contribution in [1.82, 2.24) is 14.4 Å². The lowest BCUT2D eigenvalue weighted by molar-refractivity contribution is -0.136. The lowest BCUT2D eigenvalue weighted by atomic mass is 9.78. The van der Waals surface area contributed by atoms with E-state index in [0.29, 0.717) is 30.9 Å². The van der Waals surface area contributed by atoms with Crippen LogP contribution in [0.3, 0.4) is 0 Å². The SMILES string of the molecule is COCCN(C[C@@H]1CCCN2CCCC[C@H]12)C(=O)CC1(n2cccc2)CCCCC1. The smallest absolute Gasteiger partial charge is 0.225 e. The Hall–Kier alpha value is -1.33. The zero-order valence-corrected chi connectivity index (χ0v) is 18.9. The first-order valence-corrected chi connectivity index (χ1v) is 12.4. The van der Waals surface area contributed by atoms with Crippen molar-refractivity contribution < 1.29 is 9.53 Å². The molecule has 3 aliphatic rings. The first kappa shape index (κ1) is 21.9. The number of aromatic nitrogens is 1. The minimum Gasteiger partial charge on any atom is -0.383 e. The molecule has 30 heavy (non-hydrogen) atoms. The van der Waals surface area contributed by atoms with Crippen LogP contribution < -0.4 is 0 Å². The van der Waals surface area contributed by atoms with Crippen molar-refractivity contribution in [2.24, 2.45) is 5.92 Å². The number of hydrogen-bond donors (Lipinski definition) is 0. The van der Waals surface area contributed by atoms with Crippen molar-refractivity contribution in [3.8, 4) is 0 Å². The van der Waals surface area contributed by atoms with Crippen molar-refractivity contribution in [2.75, 3.05) is 39.9 Å². The number of carbonyl (C=O) groups excluding carboxylic acids is 1.